The molecule has 9 nitrogen and oxygen atoms in total. The van der Waals surface area contributed by atoms with Crippen LogP contribution in [-0.2, 0) is 11.2 Å². The second kappa shape index (κ2) is 10.5. The summed E-state index contributed by atoms with van der Waals surface area (Å²) >= 11 is 6.21. The maximum absolute atomic E-state index is 12.5. The van der Waals surface area contributed by atoms with Gasteiger partial charge in [0.1, 0.15) is 5.60 Å². The average molecular weight is 489 g/mol. The smallest absolute Gasteiger partial charge is 0.410 e. The first-order valence-electron chi connectivity index (χ1n) is 11.4. The number of rotatable bonds is 5. The summed E-state index contributed by atoms with van der Waals surface area (Å²) in [5.41, 5.74) is 8.43. The summed E-state index contributed by atoms with van der Waals surface area (Å²) in [6, 6.07) is 5.90. The van der Waals surface area contributed by atoms with Crippen LogP contribution in [0, 0.1) is 6.92 Å². The van der Waals surface area contributed by atoms with Crippen LogP contribution in [0.2, 0.25) is 5.15 Å². The third-order valence-electron chi connectivity index (χ3n) is 5.44. The highest BCUT2D eigenvalue weighted by molar-refractivity contribution is 6.30. The Labute approximate surface area is 205 Å². The van der Waals surface area contributed by atoms with Gasteiger partial charge in [0.25, 0.3) is 5.91 Å². The number of aromatic nitrogens is 2. The molecular formula is C24H33ClN6O3. The highest BCUT2D eigenvalue weighted by atomic mass is 35.5. The van der Waals surface area contributed by atoms with Gasteiger partial charge in [0.05, 0.1) is 5.69 Å². The maximum atomic E-state index is 12.5. The molecule has 1 aliphatic rings. The van der Waals surface area contributed by atoms with Gasteiger partial charge in [0.2, 0.25) is 0 Å². The lowest BCUT2D eigenvalue weighted by atomic mass is 10.1. The van der Waals surface area contributed by atoms with Crippen LogP contribution in [-0.4, -0.2) is 58.6 Å². The standard InChI is InChI=1S/C24H33ClN6O3/c1-6-17-20(25)29-22(19(28-17)21(26)32)27-16-8-9-18(15(2)14-16)30-10-7-11-31(13-12-30)23(33)34-24(3,4)5/h8-9,14H,6-7,10-13H2,1-5H3,(H2,26,32)(H,27,29). The molecule has 0 atom stereocenters. The number of nitrogens with zero attached hydrogens (tertiary/aromatic N) is 4. The zero-order valence-corrected chi connectivity index (χ0v) is 21.2. The summed E-state index contributed by atoms with van der Waals surface area (Å²) in [6.07, 6.45) is 1.12. The van der Waals surface area contributed by atoms with Gasteiger partial charge in [-0.15, -0.1) is 0 Å². The molecule has 0 radical (unpaired) electrons. The number of carbonyl (C=O) groups excluding carboxylic acids is 2. The SMILES string of the molecule is CCc1nc(C(N)=O)c(Nc2ccc(N3CCCN(C(=O)OC(C)(C)C)CC3)c(C)c2)nc1Cl. The predicted molar refractivity (Wildman–Crippen MR) is 134 cm³/mol. The number of hydrogen-bond donors (Lipinski definition) is 2. The second-order valence-electron chi connectivity index (χ2n) is 9.31. The summed E-state index contributed by atoms with van der Waals surface area (Å²) in [4.78, 5) is 37.0. The number of anilines is 3. The van der Waals surface area contributed by atoms with Crippen molar-refractivity contribution < 1.29 is 14.3 Å². The van der Waals surface area contributed by atoms with Crippen molar-refractivity contribution in [1.29, 1.82) is 0 Å². The van der Waals surface area contributed by atoms with E-state index in [0.717, 1.165) is 29.9 Å². The van der Waals surface area contributed by atoms with Gasteiger partial charge in [-0.2, -0.15) is 0 Å². The number of benzene rings is 1. The number of primary amides is 1. The van der Waals surface area contributed by atoms with Gasteiger partial charge >= 0.3 is 6.09 Å². The van der Waals surface area contributed by atoms with Crippen LogP contribution in [0.3, 0.4) is 0 Å². The summed E-state index contributed by atoms with van der Waals surface area (Å²) in [5, 5.41) is 3.36. The number of hydrogen-bond acceptors (Lipinski definition) is 7. The zero-order chi connectivity index (χ0) is 25.0. The fourth-order valence-corrected chi connectivity index (χ4v) is 4.09. The molecular weight excluding hydrogens is 456 g/mol. The van der Waals surface area contributed by atoms with Crippen molar-refractivity contribution in [3.05, 3.63) is 40.3 Å². The molecule has 1 aromatic heterocycles. The maximum Gasteiger partial charge on any atom is 0.410 e. The molecule has 1 fully saturated rings. The Hall–Kier alpha value is -3.07. The Bertz CT molecular complexity index is 1070. The van der Waals surface area contributed by atoms with Gasteiger partial charge in [0, 0.05) is 37.6 Å². The number of halogens is 1. The molecule has 10 heteroatoms. The molecule has 1 aliphatic heterocycles. The van der Waals surface area contributed by atoms with Crippen LogP contribution in [0.25, 0.3) is 0 Å². The van der Waals surface area contributed by atoms with Gasteiger partial charge in [-0.25, -0.2) is 14.8 Å². The van der Waals surface area contributed by atoms with E-state index >= 15 is 0 Å². The summed E-state index contributed by atoms with van der Waals surface area (Å²) in [7, 11) is 0. The van der Waals surface area contributed by atoms with Crippen molar-refractivity contribution in [2.75, 3.05) is 36.4 Å². The van der Waals surface area contributed by atoms with Gasteiger partial charge in [-0.1, -0.05) is 18.5 Å². The number of nitrogens with one attached hydrogen (secondary N) is 1. The molecule has 3 N–H and O–H groups in total. The van der Waals surface area contributed by atoms with Crippen LogP contribution in [0.4, 0.5) is 22.0 Å². The fraction of sp³-hybridized carbons (Fsp3) is 0.500. The van der Waals surface area contributed by atoms with Gasteiger partial charge in [-0.3, -0.25) is 4.79 Å². The van der Waals surface area contributed by atoms with E-state index in [2.05, 4.69) is 20.2 Å². The fourth-order valence-electron chi connectivity index (χ4n) is 3.83. The molecule has 0 saturated carbocycles. The van der Waals surface area contributed by atoms with E-state index in [9.17, 15) is 9.59 Å². The minimum absolute atomic E-state index is 0.0535. The minimum atomic E-state index is -0.672. The first kappa shape index (κ1) is 25.6. The van der Waals surface area contributed by atoms with E-state index in [1.165, 1.54) is 0 Å². The Kier molecular flexibility index (Phi) is 7.86. The van der Waals surface area contributed by atoms with E-state index < -0.39 is 11.5 Å². The number of carbonyl (C=O) groups is 2. The van der Waals surface area contributed by atoms with Gasteiger partial charge < -0.3 is 25.6 Å². The topological polar surface area (TPSA) is 114 Å². The molecule has 184 valence electrons. The molecule has 0 bridgehead atoms. The van der Waals surface area contributed by atoms with Gasteiger partial charge in [-0.05, 0) is 64.3 Å². The predicted octanol–water partition coefficient (Wildman–Crippen LogP) is 4.29. The minimum Gasteiger partial charge on any atom is -0.444 e. The number of amides is 2. The lowest BCUT2D eigenvalue weighted by molar-refractivity contribution is 0.0263. The third-order valence-corrected chi connectivity index (χ3v) is 5.74. The molecule has 0 spiro atoms. The highest BCUT2D eigenvalue weighted by Gasteiger charge is 2.25. The average Bonchev–Trinajstić information content (AvgIpc) is 2.99. The lowest BCUT2D eigenvalue weighted by Crippen LogP contribution is -2.39. The Balaban J connectivity index is 1.74. The molecule has 2 amide bonds. The van der Waals surface area contributed by atoms with Crippen molar-refractivity contribution in [1.82, 2.24) is 14.9 Å². The van der Waals surface area contributed by atoms with Crippen LogP contribution in [0.5, 0.6) is 0 Å². The van der Waals surface area contributed by atoms with E-state index in [0.29, 0.717) is 31.7 Å². The second-order valence-corrected chi connectivity index (χ2v) is 9.67. The largest absolute Gasteiger partial charge is 0.444 e. The van der Waals surface area contributed by atoms with Crippen molar-refractivity contribution in [2.45, 2.75) is 53.1 Å². The zero-order valence-electron chi connectivity index (χ0n) is 20.4. The van der Waals surface area contributed by atoms with Crippen molar-refractivity contribution >= 4 is 40.8 Å². The molecule has 1 aromatic carbocycles. The molecule has 3 rings (SSSR count). The van der Waals surface area contributed by atoms with Crippen LogP contribution in [0.1, 0.15) is 55.9 Å². The van der Waals surface area contributed by atoms with Gasteiger partial charge in [0.15, 0.2) is 16.7 Å². The van der Waals surface area contributed by atoms with E-state index in [1.807, 2.05) is 52.8 Å². The van der Waals surface area contributed by atoms with Crippen molar-refractivity contribution in [2.24, 2.45) is 5.73 Å². The van der Waals surface area contributed by atoms with E-state index in [-0.39, 0.29) is 22.8 Å². The van der Waals surface area contributed by atoms with E-state index in [4.69, 9.17) is 22.1 Å². The Morgan fingerprint density at radius 2 is 1.91 bits per heavy atom. The lowest BCUT2D eigenvalue weighted by Gasteiger charge is -2.27. The molecule has 34 heavy (non-hydrogen) atoms. The number of ether oxygens (including phenoxy) is 1. The van der Waals surface area contributed by atoms with Crippen molar-refractivity contribution in [3.63, 3.8) is 0 Å². The quantitative estimate of drug-likeness (QED) is 0.645. The third kappa shape index (κ3) is 6.28. The molecule has 0 unspecified atom stereocenters. The molecule has 2 aromatic rings. The van der Waals surface area contributed by atoms with Crippen LogP contribution < -0.4 is 16.0 Å². The summed E-state index contributed by atoms with van der Waals surface area (Å²) < 4.78 is 5.53. The van der Waals surface area contributed by atoms with Crippen LogP contribution >= 0.6 is 11.6 Å². The Morgan fingerprint density at radius 1 is 1.18 bits per heavy atom. The number of aryl methyl sites for hydroxylation is 2. The Morgan fingerprint density at radius 3 is 2.53 bits per heavy atom. The highest BCUT2D eigenvalue weighted by Crippen LogP contribution is 2.28. The number of nitrogens with two attached hydrogens (primary N) is 1. The van der Waals surface area contributed by atoms with E-state index in [1.54, 1.807) is 4.90 Å². The normalized spacial score (nSPS) is 14.5. The van der Waals surface area contributed by atoms with Crippen molar-refractivity contribution in [3.8, 4) is 0 Å². The first-order valence-corrected chi connectivity index (χ1v) is 11.8. The molecule has 0 aliphatic carbocycles. The summed E-state index contributed by atoms with van der Waals surface area (Å²) in [5.74, 6) is -0.446. The molecule has 1 saturated heterocycles. The summed E-state index contributed by atoms with van der Waals surface area (Å²) in [6.45, 7) is 12.3. The monoisotopic (exact) mass is 488 g/mol. The van der Waals surface area contributed by atoms with Crippen LogP contribution in [0.15, 0.2) is 18.2 Å². The molecule has 2 heterocycles. The first-order chi connectivity index (χ1) is 16.0.